The number of para-hydroxylation sites is 1. The quantitative estimate of drug-likeness (QED) is 0.280. The fraction of sp³-hybridized carbons (Fsp3) is 0.294. The zero-order valence-corrected chi connectivity index (χ0v) is 20.3. The minimum Gasteiger partial charge on any atom is -0.456 e. The molecular formula is C34H29NO. The standard InChI is InChI=1S/C34H29NO/c1-3-8-28-26(7-1)33-29(34(28)22-15-20-14-21(17-22)18-23(34)16-20)9-5-10-30(33)35-24-12-13-32-27(19-24)25-6-2-4-11-31(25)36-32/h1-13,19-23,35H,14-18H2. The van der Waals surface area contributed by atoms with Gasteiger partial charge in [0.1, 0.15) is 11.2 Å². The van der Waals surface area contributed by atoms with Crippen LogP contribution in [0.3, 0.4) is 0 Å². The largest absolute Gasteiger partial charge is 0.456 e. The second-order valence-corrected chi connectivity index (χ2v) is 11.9. The monoisotopic (exact) mass is 467 g/mol. The second kappa shape index (κ2) is 6.82. The smallest absolute Gasteiger partial charge is 0.135 e. The third-order valence-electron chi connectivity index (χ3n) is 10.2. The number of fused-ring (bicyclic) bond motifs is 6. The summed E-state index contributed by atoms with van der Waals surface area (Å²) in [7, 11) is 0. The van der Waals surface area contributed by atoms with Crippen molar-refractivity contribution in [3.63, 3.8) is 0 Å². The summed E-state index contributed by atoms with van der Waals surface area (Å²) in [5.74, 6) is 3.51. The first kappa shape index (κ1) is 19.6. The van der Waals surface area contributed by atoms with E-state index >= 15 is 0 Å². The van der Waals surface area contributed by atoms with Crippen molar-refractivity contribution >= 4 is 33.3 Å². The Kier molecular flexibility index (Phi) is 3.72. The van der Waals surface area contributed by atoms with Crippen LogP contribution >= 0.6 is 0 Å². The molecule has 0 aliphatic heterocycles. The van der Waals surface area contributed by atoms with Crippen LogP contribution in [0.25, 0.3) is 33.1 Å². The summed E-state index contributed by atoms with van der Waals surface area (Å²) < 4.78 is 6.08. The Hall–Kier alpha value is -3.52. The summed E-state index contributed by atoms with van der Waals surface area (Å²) in [6.07, 6.45) is 7.17. The van der Waals surface area contributed by atoms with Gasteiger partial charge in [-0.1, -0.05) is 54.6 Å². The van der Waals surface area contributed by atoms with Gasteiger partial charge in [-0.3, -0.25) is 0 Å². The minimum atomic E-state index is 0.210. The van der Waals surface area contributed by atoms with Crippen molar-refractivity contribution in [3.05, 3.63) is 96.1 Å². The van der Waals surface area contributed by atoms with Crippen LogP contribution in [0.1, 0.15) is 43.2 Å². The van der Waals surface area contributed by atoms with Crippen LogP contribution in [-0.2, 0) is 5.41 Å². The van der Waals surface area contributed by atoms with Crippen LogP contribution in [0.15, 0.2) is 89.3 Å². The van der Waals surface area contributed by atoms with Gasteiger partial charge in [0.15, 0.2) is 0 Å². The van der Waals surface area contributed by atoms with E-state index in [1.54, 1.807) is 11.1 Å². The summed E-state index contributed by atoms with van der Waals surface area (Å²) in [6, 6.07) is 31.2. The molecule has 0 amide bonds. The third-order valence-corrected chi connectivity index (χ3v) is 10.2. The molecule has 5 aliphatic carbocycles. The van der Waals surface area contributed by atoms with Crippen molar-refractivity contribution < 1.29 is 4.42 Å². The summed E-state index contributed by atoms with van der Waals surface area (Å²) in [6.45, 7) is 0. The predicted molar refractivity (Wildman–Crippen MR) is 147 cm³/mol. The molecule has 0 radical (unpaired) electrons. The zero-order chi connectivity index (χ0) is 23.4. The summed E-state index contributed by atoms with van der Waals surface area (Å²) in [5.41, 5.74) is 10.6. The normalized spacial score (nSPS) is 29.2. The van der Waals surface area contributed by atoms with E-state index in [0.29, 0.717) is 0 Å². The molecular weight excluding hydrogens is 438 g/mol. The van der Waals surface area contributed by atoms with Gasteiger partial charge in [-0.15, -0.1) is 0 Å². The Morgan fingerprint density at radius 3 is 2.22 bits per heavy atom. The Labute approximate surface area is 211 Å². The third kappa shape index (κ3) is 2.38. The Morgan fingerprint density at radius 2 is 1.36 bits per heavy atom. The number of hydrogen-bond donors (Lipinski definition) is 1. The second-order valence-electron chi connectivity index (χ2n) is 11.9. The molecule has 10 rings (SSSR count). The van der Waals surface area contributed by atoms with Crippen molar-refractivity contribution in [1.29, 1.82) is 0 Å². The number of benzene rings is 4. The first-order chi connectivity index (χ1) is 17.8. The molecule has 1 heterocycles. The number of anilines is 2. The highest BCUT2D eigenvalue weighted by Gasteiger charge is 2.61. The van der Waals surface area contributed by atoms with E-state index in [-0.39, 0.29) is 5.41 Å². The molecule has 0 atom stereocenters. The van der Waals surface area contributed by atoms with Gasteiger partial charge in [0.25, 0.3) is 0 Å². The van der Waals surface area contributed by atoms with Gasteiger partial charge >= 0.3 is 0 Å². The molecule has 1 N–H and O–H groups in total. The van der Waals surface area contributed by atoms with Crippen LogP contribution in [0.5, 0.6) is 0 Å². The molecule has 1 aromatic heterocycles. The van der Waals surface area contributed by atoms with Gasteiger partial charge in [-0.05, 0) is 103 Å². The van der Waals surface area contributed by atoms with Crippen LogP contribution in [0.2, 0.25) is 0 Å². The van der Waals surface area contributed by atoms with Crippen molar-refractivity contribution in [1.82, 2.24) is 0 Å². The molecule has 2 nitrogen and oxygen atoms in total. The number of hydrogen-bond acceptors (Lipinski definition) is 2. The highest BCUT2D eigenvalue weighted by molar-refractivity contribution is 6.06. The molecule has 4 bridgehead atoms. The number of furan rings is 1. The molecule has 5 aromatic rings. The van der Waals surface area contributed by atoms with Crippen LogP contribution in [0.4, 0.5) is 11.4 Å². The topological polar surface area (TPSA) is 25.2 Å². The van der Waals surface area contributed by atoms with Gasteiger partial charge in [-0.2, -0.15) is 0 Å². The highest BCUT2D eigenvalue weighted by atomic mass is 16.3. The molecule has 5 aliphatic rings. The fourth-order valence-electron chi connectivity index (χ4n) is 9.26. The lowest BCUT2D eigenvalue weighted by atomic mass is 9.43. The Bertz CT molecular complexity index is 1660. The van der Waals surface area contributed by atoms with E-state index in [0.717, 1.165) is 40.5 Å². The van der Waals surface area contributed by atoms with E-state index in [1.807, 2.05) is 12.1 Å². The summed E-state index contributed by atoms with van der Waals surface area (Å²) in [4.78, 5) is 0. The molecule has 176 valence electrons. The lowest BCUT2D eigenvalue weighted by molar-refractivity contribution is -0.0399. The zero-order valence-electron chi connectivity index (χ0n) is 20.3. The maximum Gasteiger partial charge on any atom is 0.135 e. The Balaban J connectivity index is 1.22. The highest BCUT2D eigenvalue weighted by Crippen LogP contribution is 2.69. The van der Waals surface area contributed by atoms with E-state index in [2.05, 4.69) is 78.1 Å². The molecule has 36 heavy (non-hydrogen) atoms. The van der Waals surface area contributed by atoms with E-state index < -0.39 is 0 Å². The molecule has 4 fully saturated rings. The first-order valence-electron chi connectivity index (χ1n) is 13.7. The van der Waals surface area contributed by atoms with Gasteiger partial charge in [-0.25, -0.2) is 0 Å². The van der Waals surface area contributed by atoms with E-state index in [4.69, 9.17) is 4.42 Å². The average Bonchev–Trinajstić information content (AvgIpc) is 3.41. The molecule has 0 unspecified atom stereocenters. The summed E-state index contributed by atoms with van der Waals surface area (Å²) >= 11 is 0. The Morgan fingerprint density at radius 1 is 0.639 bits per heavy atom. The van der Waals surface area contributed by atoms with Crippen LogP contribution < -0.4 is 5.32 Å². The molecule has 0 saturated heterocycles. The van der Waals surface area contributed by atoms with Crippen molar-refractivity contribution in [2.75, 3.05) is 5.32 Å². The van der Waals surface area contributed by atoms with Gasteiger partial charge in [0.2, 0.25) is 0 Å². The van der Waals surface area contributed by atoms with E-state index in [1.165, 1.54) is 59.7 Å². The van der Waals surface area contributed by atoms with Crippen molar-refractivity contribution in [3.8, 4) is 11.1 Å². The van der Waals surface area contributed by atoms with Gasteiger partial charge < -0.3 is 9.73 Å². The maximum atomic E-state index is 6.08. The molecule has 1 spiro atoms. The van der Waals surface area contributed by atoms with Crippen LogP contribution in [0, 0.1) is 23.7 Å². The lowest BCUT2D eigenvalue weighted by Gasteiger charge is -2.61. The first-order valence-corrected chi connectivity index (χ1v) is 13.7. The summed E-state index contributed by atoms with van der Waals surface area (Å²) in [5, 5.41) is 6.20. The number of nitrogens with one attached hydrogen (secondary N) is 1. The predicted octanol–water partition coefficient (Wildman–Crippen LogP) is 9.05. The fourth-order valence-corrected chi connectivity index (χ4v) is 9.26. The lowest BCUT2D eigenvalue weighted by Crippen LogP contribution is -2.55. The minimum absolute atomic E-state index is 0.210. The maximum absolute atomic E-state index is 6.08. The SMILES string of the molecule is c1ccc2c(c1)-c1c(Nc3ccc4oc5ccccc5c4c3)cccc1C21C2CC3CC(C2)CC1C3. The molecule has 2 heteroatoms. The molecule has 4 aromatic carbocycles. The van der Waals surface area contributed by atoms with Gasteiger partial charge in [0.05, 0.1) is 0 Å². The molecule has 4 saturated carbocycles. The van der Waals surface area contributed by atoms with Gasteiger partial charge in [0, 0.05) is 33.1 Å². The van der Waals surface area contributed by atoms with Crippen molar-refractivity contribution in [2.24, 2.45) is 23.7 Å². The average molecular weight is 468 g/mol. The van der Waals surface area contributed by atoms with Crippen molar-refractivity contribution in [2.45, 2.75) is 37.5 Å². The van der Waals surface area contributed by atoms with Crippen LogP contribution in [-0.4, -0.2) is 0 Å². The number of rotatable bonds is 2. The van der Waals surface area contributed by atoms with E-state index in [9.17, 15) is 0 Å².